The normalized spacial score (nSPS) is 13.0. The van der Waals surface area contributed by atoms with Crippen LogP contribution in [0.2, 0.25) is 0 Å². The predicted molar refractivity (Wildman–Crippen MR) is 61.5 cm³/mol. The Hall–Kier alpha value is -0.330. The van der Waals surface area contributed by atoms with Gasteiger partial charge in [0.1, 0.15) is 0 Å². The molecule has 0 saturated heterocycles. The molecule has 0 unspecified atom stereocenters. The first-order chi connectivity index (χ1) is 6.02. The second-order valence-corrected chi connectivity index (χ2v) is 4.75. The molecule has 0 rings (SSSR count). The highest BCUT2D eigenvalue weighted by Crippen LogP contribution is 2.05. The molecule has 0 atom stereocenters. The Balaban J connectivity index is 3.47. The highest BCUT2D eigenvalue weighted by Gasteiger charge is 1.97. The molecule has 1 heteroatoms. The minimum absolute atomic E-state index is 0.744. The molecule has 0 aromatic rings. The van der Waals surface area contributed by atoms with Gasteiger partial charge in [0.2, 0.25) is 0 Å². The summed E-state index contributed by atoms with van der Waals surface area (Å²) in [5, 5.41) is 0. The SMILES string of the molecule is C/C(CC(C)C)=N\CCCC(C)C. The van der Waals surface area contributed by atoms with E-state index < -0.39 is 0 Å². The number of hydrogen-bond acceptors (Lipinski definition) is 1. The molecule has 1 nitrogen and oxygen atoms in total. The van der Waals surface area contributed by atoms with Gasteiger partial charge in [-0.25, -0.2) is 0 Å². The molecule has 13 heavy (non-hydrogen) atoms. The zero-order chi connectivity index (χ0) is 10.3. The van der Waals surface area contributed by atoms with Gasteiger partial charge in [0.25, 0.3) is 0 Å². The summed E-state index contributed by atoms with van der Waals surface area (Å²) in [7, 11) is 0. The fraction of sp³-hybridized carbons (Fsp3) is 0.917. The van der Waals surface area contributed by atoms with Crippen LogP contribution in [0.25, 0.3) is 0 Å². The summed E-state index contributed by atoms with van der Waals surface area (Å²) in [5.74, 6) is 1.56. The number of aliphatic imine (C=N–C) groups is 1. The lowest BCUT2D eigenvalue weighted by Gasteiger charge is -2.05. The Morgan fingerprint density at radius 1 is 1.08 bits per heavy atom. The smallest absolute Gasteiger partial charge is 0.0388 e. The van der Waals surface area contributed by atoms with E-state index in [9.17, 15) is 0 Å². The Labute approximate surface area is 83.6 Å². The van der Waals surface area contributed by atoms with Crippen molar-refractivity contribution >= 4 is 5.71 Å². The Morgan fingerprint density at radius 2 is 1.69 bits per heavy atom. The monoisotopic (exact) mass is 183 g/mol. The molecule has 0 amide bonds. The van der Waals surface area contributed by atoms with Gasteiger partial charge < -0.3 is 0 Å². The first-order valence-electron chi connectivity index (χ1n) is 5.52. The third-order valence-corrected chi connectivity index (χ3v) is 2.02. The highest BCUT2D eigenvalue weighted by molar-refractivity contribution is 5.81. The van der Waals surface area contributed by atoms with Gasteiger partial charge in [-0.3, -0.25) is 4.99 Å². The zero-order valence-corrected chi connectivity index (χ0v) is 9.93. The van der Waals surface area contributed by atoms with E-state index in [1.54, 1.807) is 0 Å². The van der Waals surface area contributed by atoms with Crippen molar-refractivity contribution in [3.8, 4) is 0 Å². The van der Waals surface area contributed by atoms with Crippen LogP contribution in [0.3, 0.4) is 0 Å². The van der Waals surface area contributed by atoms with Crippen molar-refractivity contribution in [1.29, 1.82) is 0 Å². The third-order valence-electron chi connectivity index (χ3n) is 2.02. The van der Waals surface area contributed by atoms with E-state index >= 15 is 0 Å². The summed E-state index contributed by atoms with van der Waals surface area (Å²) in [5.41, 5.74) is 1.32. The maximum atomic E-state index is 4.55. The summed E-state index contributed by atoms with van der Waals surface area (Å²) in [4.78, 5) is 4.55. The molecule has 0 aromatic heterocycles. The highest BCUT2D eigenvalue weighted by atomic mass is 14.7. The molecule has 0 aliphatic rings. The van der Waals surface area contributed by atoms with Gasteiger partial charge in [0, 0.05) is 12.3 Å². The molecule has 78 valence electrons. The standard InChI is InChI=1S/C12H25N/c1-10(2)7-6-8-13-12(5)9-11(3)4/h10-11H,6-9H2,1-5H3/b13-12+. The number of rotatable bonds is 6. The average molecular weight is 183 g/mol. The van der Waals surface area contributed by atoms with Crippen LogP contribution in [0.5, 0.6) is 0 Å². The van der Waals surface area contributed by atoms with Gasteiger partial charge in [-0.2, -0.15) is 0 Å². The second-order valence-electron chi connectivity index (χ2n) is 4.75. The quantitative estimate of drug-likeness (QED) is 0.437. The van der Waals surface area contributed by atoms with E-state index in [1.165, 1.54) is 18.6 Å². The Bertz CT molecular complexity index is 145. The van der Waals surface area contributed by atoms with Crippen molar-refractivity contribution < 1.29 is 0 Å². The molecule has 0 N–H and O–H groups in total. The molecule has 0 spiro atoms. The summed E-state index contributed by atoms with van der Waals surface area (Å²) in [6.07, 6.45) is 3.70. The van der Waals surface area contributed by atoms with Crippen molar-refractivity contribution in [2.75, 3.05) is 6.54 Å². The largest absolute Gasteiger partial charge is 0.294 e. The topological polar surface area (TPSA) is 12.4 Å². The lowest BCUT2D eigenvalue weighted by Crippen LogP contribution is -1.99. The molecule has 0 saturated carbocycles. The average Bonchev–Trinajstić information content (AvgIpc) is 1.96. The van der Waals surface area contributed by atoms with Gasteiger partial charge >= 0.3 is 0 Å². The molecule has 0 heterocycles. The van der Waals surface area contributed by atoms with Crippen molar-refractivity contribution in [1.82, 2.24) is 0 Å². The van der Waals surface area contributed by atoms with Crippen LogP contribution in [-0.4, -0.2) is 12.3 Å². The molecule has 0 radical (unpaired) electrons. The van der Waals surface area contributed by atoms with Crippen LogP contribution in [0, 0.1) is 11.8 Å². The summed E-state index contributed by atoms with van der Waals surface area (Å²) >= 11 is 0. The molecular formula is C12H25N. The number of hydrogen-bond donors (Lipinski definition) is 0. The van der Waals surface area contributed by atoms with E-state index in [0.717, 1.165) is 24.8 Å². The van der Waals surface area contributed by atoms with Crippen LogP contribution in [-0.2, 0) is 0 Å². The van der Waals surface area contributed by atoms with Crippen molar-refractivity contribution in [2.45, 2.75) is 53.9 Å². The molecule has 0 aromatic carbocycles. The molecule has 0 aliphatic carbocycles. The molecule has 0 aliphatic heterocycles. The van der Waals surface area contributed by atoms with Crippen LogP contribution >= 0.6 is 0 Å². The first-order valence-corrected chi connectivity index (χ1v) is 5.52. The Kier molecular flexibility index (Phi) is 6.93. The van der Waals surface area contributed by atoms with E-state index in [1.807, 2.05) is 0 Å². The fourth-order valence-corrected chi connectivity index (χ4v) is 1.42. The third kappa shape index (κ3) is 9.59. The number of nitrogens with zero attached hydrogens (tertiary/aromatic N) is 1. The lowest BCUT2D eigenvalue weighted by atomic mass is 10.1. The fourth-order valence-electron chi connectivity index (χ4n) is 1.42. The Morgan fingerprint density at radius 3 is 2.15 bits per heavy atom. The van der Waals surface area contributed by atoms with Crippen LogP contribution in [0.15, 0.2) is 4.99 Å². The minimum Gasteiger partial charge on any atom is -0.294 e. The summed E-state index contributed by atoms with van der Waals surface area (Å²) in [6.45, 7) is 12.2. The molecule has 0 fully saturated rings. The lowest BCUT2D eigenvalue weighted by molar-refractivity contribution is 0.561. The van der Waals surface area contributed by atoms with Crippen molar-refractivity contribution in [2.24, 2.45) is 16.8 Å². The van der Waals surface area contributed by atoms with Crippen molar-refractivity contribution in [3.05, 3.63) is 0 Å². The summed E-state index contributed by atoms with van der Waals surface area (Å²) in [6, 6.07) is 0. The van der Waals surface area contributed by atoms with Crippen molar-refractivity contribution in [3.63, 3.8) is 0 Å². The van der Waals surface area contributed by atoms with Gasteiger partial charge in [0.05, 0.1) is 0 Å². The summed E-state index contributed by atoms with van der Waals surface area (Å²) < 4.78 is 0. The predicted octanol–water partition coefficient (Wildman–Crippen LogP) is 3.93. The van der Waals surface area contributed by atoms with Gasteiger partial charge in [-0.05, 0) is 38.0 Å². The van der Waals surface area contributed by atoms with Crippen LogP contribution in [0.4, 0.5) is 0 Å². The van der Waals surface area contributed by atoms with E-state index in [4.69, 9.17) is 0 Å². The van der Waals surface area contributed by atoms with Gasteiger partial charge in [-0.1, -0.05) is 27.7 Å². The van der Waals surface area contributed by atoms with Gasteiger partial charge in [0.15, 0.2) is 0 Å². The zero-order valence-electron chi connectivity index (χ0n) is 9.93. The van der Waals surface area contributed by atoms with E-state index in [2.05, 4.69) is 39.6 Å². The molecule has 0 bridgehead atoms. The van der Waals surface area contributed by atoms with E-state index in [0.29, 0.717) is 0 Å². The van der Waals surface area contributed by atoms with Crippen LogP contribution in [0.1, 0.15) is 53.9 Å². The van der Waals surface area contributed by atoms with Crippen LogP contribution < -0.4 is 0 Å². The maximum Gasteiger partial charge on any atom is 0.0388 e. The minimum atomic E-state index is 0.744. The van der Waals surface area contributed by atoms with E-state index in [-0.39, 0.29) is 0 Å². The molecular weight excluding hydrogens is 158 g/mol. The maximum absolute atomic E-state index is 4.55. The van der Waals surface area contributed by atoms with Gasteiger partial charge in [-0.15, -0.1) is 0 Å². The second kappa shape index (κ2) is 7.11. The first kappa shape index (κ1) is 12.7.